The van der Waals surface area contributed by atoms with Gasteiger partial charge in [-0.05, 0) is 25.2 Å². The molecule has 7 heteroatoms. The van der Waals surface area contributed by atoms with Gasteiger partial charge in [-0.2, -0.15) is 0 Å². The van der Waals surface area contributed by atoms with Crippen molar-refractivity contribution >= 4 is 11.6 Å². The van der Waals surface area contributed by atoms with Gasteiger partial charge in [-0.15, -0.1) is 0 Å². The standard InChI is InChI=1S/C13H18N4O3/c18-13(12-5-11(6-14-12)17(19)20)15-10-3-4-16(8-10)7-9-1-2-9/h5-6,9-10,14H,1-4,7-8H2,(H,15,18)/t10-/m0/s1. The molecule has 0 spiro atoms. The number of aromatic amines is 1. The molecule has 20 heavy (non-hydrogen) atoms. The van der Waals surface area contributed by atoms with E-state index < -0.39 is 4.92 Å². The molecule has 1 saturated heterocycles. The quantitative estimate of drug-likeness (QED) is 0.624. The first-order valence-corrected chi connectivity index (χ1v) is 6.98. The normalized spacial score (nSPS) is 22.9. The maximum Gasteiger partial charge on any atom is 0.287 e. The first kappa shape index (κ1) is 13.1. The van der Waals surface area contributed by atoms with Crippen LogP contribution in [0.15, 0.2) is 12.3 Å². The van der Waals surface area contributed by atoms with E-state index in [1.165, 1.54) is 25.1 Å². The van der Waals surface area contributed by atoms with E-state index in [-0.39, 0.29) is 23.3 Å². The van der Waals surface area contributed by atoms with Gasteiger partial charge in [-0.1, -0.05) is 0 Å². The van der Waals surface area contributed by atoms with Crippen LogP contribution in [0.1, 0.15) is 29.8 Å². The van der Waals surface area contributed by atoms with Crippen molar-refractivity contribution in [1.82, 2.24) is 15.2 Å². The van der Waals surface area contributed by atoms with Crippen molar-refractivity contribution in [2.45, 2.75) is 25.3 Å². The van der Waals surface area contributed by atoms with Gasteiger partial charge in [0.25, 0.3) is 11.6 Å². The summed E-state index contributed by atoms with van der Waals surface area (Å²) in [4.78, 5) is 27.1. The van der Waals surface area contributed by atoms with Crippen LogP contribution < -0.4 is 5.32 Å². The number of rotatable bonds is 5. The summed E-state index contributed by atoms with van der Waals surface area (Å²) in [5, 5.41) is 13.5. The Balaban J connectivity index is 1.51. The summed E-state index contributed by atoms with van der Waals surface area (Å²) in [5.41, 5.74) is 0.161. The number of nitrogens with one attached hydrogen (secondary N) is 2. The lowest BCUT2D eigenvalue weighted by molar-refractivity contribution is -0.384. The molecule has 7 nitrogen and oxygen atoms in total. The summed E-state index contributed by atoms with van der Waals surface area (Å²) in [5.74, 6) is 0.590. The van der Waals surface area contributed by atoms with E-state index in [0.717, 1.165) is 32.0 Å². The zero-order chi connectivity index (χ0) is 14.1. The Bertz CT molecular complexity index is 523. The van der Waals surface area contributed by atoms with Crippen LogP contribution in [0.3, 0.4) is 0 Å². The number of nitrogens with zero attached hydrogens (tertiary/aromatic N) is 2. The molecule has 1 aliphatic carbocycles. The molecule has 1 aliphatic heterocycles. The smallest absolute Gasteiger partial charge is 0.287 e. The molecular weight excluding hydrogens is 260 g/mol. The highest BCUT2D eigenvalue weighted by molar-refractivity contribution is 5.93. The number of carbonyl (C=O) groups excluding carboxylic acids is 1. The van der Waals surface area contributed by atoms with Crippen LogP contribution in [0.5, 0.6) is 0 Å². The molecule has 0 aromatic carbocycles. The minimum absolute atomic E-state index is 0.0862. The third-order valence-electron chi connectivity index (χ3n) is 3.94. The zero-order valence-electron chi connectivity index (χ0n) is 11.2. The SMILES string of the molecule is O=C(N[C@H]1CCN(CC2CC2)C1)c1cc([N+](=O)[O-])c[nH]1. The second kappa shape index (κ2) is 5.24. The number of aromatic nitrogens is 1. The zero-order valence-corrected chi connectivity index (χ0v) is 11.2. The van der Waals surface area contributed by atoms with Crippen LogP contribution in [0.2, 0.25) is 0 Å². The largest absolute Gasteiger partial charge is 0.351 e. The lowest BCUT2D eigenvalue weighted by Gasteiger charge is -2.15. The Morgan fingerprint density at radius 3 is 2.95 bits per heavy atom. The maximum absolute atomic E-state index is 12.0. The van der Waals surface area contributed by atoms with E-state index >= 15 is 0 Å². The fraction of sp³-hybridized carbons (Fsp3) is 0.615. The molecular formula is C13H18N4O3. The van der Waals surface area contributed by atoms with Crippen LogP contribution in [0.25, 0.3) is 0 Å². The predicted molar refractivity (Wildman–Crippen MR) is 72.5 cm³/mol. The highest BCUT2D eigenvalue weighted by atomic mass is 16.6. The molecule has 2 N–H and O–H groups in total. The first-order valence-electron chi connectivity index (χ1n) is 6.98. The summed E-state index contributed by atoms with van der Waals surface area (Å²) in [6.07, 6.45) is 4.85. The second-order valence-electron chi connectivity index (χ2n) is 5.69. The number of carbonyl (C=O) groups is 1. The number of nitro groups is 1. The van der Waals surface area contributed by atoms with Gasteiger partial charge in [0.2, 0.25) is 0 Å². The molecule has 1 saturated carbocycles. The summed E-state index contributed by atoms with van der Waals surface area (Å²) >= 11 is 0. The monoisotopic (exact) mass is 278 g/mol. The Morgan fingerprint density at radius 1 is 1.50 bits per heavy atom. The molecule has 0 unspecified atom stereocenters. The van der Waals surface area contributed by atoms with E-state index in [0.29, 0.717) is 0 Å². The third kappa shape index (κ3) is 2.98. The van der Waals surface area contributed by atoms with Crippen molar-refractivity contribution in [2.24, 2.45) is 5.92 Å². The van der Waals surface area contributed by atoms with Gasteiger partial charge >= 0.3 is 0 Å². The lowest BCUT2D eigenvalue weighted by Crippen LogP contribution is -2.37. The van der Waals surface area contributed by atoms with Crippen molar-refractivity contribution in [3.8, 4) is 0 Å². The van der Waals surface area contributed by atoms with Gasteiger partial charge in [0.15, 0.2) is 0 Å². The van der Waals surface area contributed by atoms with Gasteiger partial charge in [0, 0.05) is 31.7 Å². The molecule has 0 radical (unpaired) electrons. The Kier molecular flexibility index (Phi) is 3.43. The van der Waals surface area contributed by atoms with Crippen molar-refractivity contribution in [1.29, 1.82) is 0 Å². The molecule has 2 heterocycles. The van der Waals surface area contributed by atoms with E-state index in [9.17, 15) is 14.9 Å². The third-order valence-corrected chi connectivity index (χ3v) is 3.94. The number of H-pyrrole nitrogens is 1. The average Bonchev–Trinajstić information content (AvgIpc) is 2.92. The van der Waals surface area contributed by atoms with Gasteiger partial charge < -0.3 is 15.2 Å². The minimum Gasteiger partial charge on any atom is -0.351 e. The average molecular weight is 278 g/mol. The van der Waals surface area contributed by atoms with Gasteiger partial charge in [-0.3, -0.25) is 14.9 Å². The molecule has 1 atom stereocenters. The fourth-order valence-electron chi connectivity index (χ4n) is 2.66. The number of amides is 1. The van der Waals surface area contributed by atoms with Gasteiger partial charge in [0.1, 0.15) is 5.69 Å². The van der Waals surface area contributed by atoms with E-state index in [1.807, 2.05) is 0 Å². The van der Waals surface area contributed by atoms with Crippen molar-refractivity contribution < 1.29 is 9.72 Å². The van der Waals surface area contributed by atoms with E-state index in [1.54, 1.807) is 0 Å². The predicted octanol–water partition coefficient (Wildman–Crippen LogP) is 1.14. The summed E-state index contributed by atoms with van der Waals surface area (Å²) in [6, 6.07) is 1.41. The molecule has 2 fully saturated rings. The van der Waals surface area contributed by atoms with E-state index in [4.69, 9.17) is 0 Å². The number of hydrogen-bond acceptors (Lipinski definition) is 4. The molecule has 0 bridgehead atoms. The number of likely N-dealkylation sites (tertiary alicyclic amines) is 1. The van der Waals surface area contributed by atoms with Crippen molar-refractivity contribution in [2.75, 3.05) is 19.6 Å². The molecule has 108 valence electrons. The minimum atomic E-state index is -0.514. The van der Waals surface area contributed by atoms with Crippen LogP contribution in [-0.4, -0.2) is 46.4 Å². The Hall–Kier alpha value is -1.89. The molecule has 3 rings (SSSR count). The molecule has 2 aliphatic rings. The highest BCUT2D eigenvalue weighted by Gasteiger charge is 2.30. The number of hydrogen-bond donors (Lipinski definition) is 2. The lowest BCUT2D eigenvalue weighted by atomic mass is 10.2. The topological polar surface area (TPSA) is 91.3 Å². The van der Waals surface area contributed by atoms with Crippen LogP contribution >= 0.6 is 0 Å². The molecule has 1 amide bonds. The Labute approximate surface area is 116 Å². The fourth-order valence-corrected chi connectivity index (χ4v) is 2.66. The van der Waals surface area contributed by atoms with E-state index in [2.05, 4.69) is 15.2 Å². The van der Waals surface area contributed by atoms with Crippen molar-refractivity contribution in [3.63, 3.8) is 0 Å². The van der Waals surface area contributed by atoms with Gasteiger partial charge in [0.05, 0.1) is 11.1 Å². The highest BCUT2D eigenvalue weighted by Crippen LogP contribution is 2.30. The van der Waals surface area contributed by atoms with Crippen LogP contribution in [0.4, 0.5) is 5.69 Å². The first-order chi connectivity index (χ1) is 9.61. The van der Waals surface area contributed by atoms with Crippen LogP contribution in [0, 0.1) is 16.0 Å². The second-order valence-corrected chi connectivity index (χ2v) is 5.69. The Morgan fingerprint density at radius 2 is 2.30 bits per heavy atom. The maximum atomic E-state index is 12.0. The van der Waals surface area contributed by atoms with Gasteiger partial charge in [-0.25, -0.2) is 0 Å². The molecule has 1 aromatic heterocycles. The van der Waals surface area contributed by atoms with Crippen LogP contribution in [-0.2, 0) is 0 Å². The summed E-state index contributed by atoms with van der Waals surface area (Å²) in [7, 11) is 0. The molecule has 1 aromatic rings. The summed E-state index contributed by atoms with van der Waals surface area (Å²) in [6.45, 7) is 3.04. The summed E-state index contributed by atoms with van der Waals surface area (Å²) < 4.78 is 0. The van der Waals surface area contributed by atoms with Crippen molar-refractivity contribution in [3.05, 3.63) is 28.1 Å².